The predicted octanol–water partition coefficient (Wildman–Crippen LogP) is 1.75. The van der Waals surface area contributed by atoms with Crippen molar-refractivity contribution in [1.29, 1.82) is 0 Å². The molecule has 0 unspecified atom stereocenters. The fraction of sp³-hybridized carbons (Fsp3) is 0.538. The van der Waals surface area contributed by atoms with Crippen LogP contribution < -0.4 is 15.4 Å². The van der Waals surface area contributed by atoms with Crippen molar-refractivity contribution in [2.24, 2.45) is 5.73 Å². The van der Waals surface area contributed by atoms with Crippen LogP contribution in [0, 0.1) is 0 Å². The molecule has 0 spiro atoms. The number of anilines is 1. The van der Waals surface area contributed by atoms with Gasteiger partial charge in [0.25, 0.3) is 0 Å². The Kier molecular flexibility index (Phi) is 2.80. The van der Waals surface area contributed by atoms with E-state index in [2.05, 4.69) is 44.0 Å². The van der Waals surface area contributed by atoms with Crippen molar-refractivity contribution < 1.29 is 4.74 Å². The summed E-state index contributed by atoms with van der Waals surface area (Å²) in [5, 5.41) is 0. The Hall–Kier alpha value is -1.22. The molecular weight excluding hydrogens is 200 g/mol. The Balaban J connectivity index is 2.41. The van der Waals surface area contributed by atoms with Crippen molar-refractivity contribution in [2.75, 3.05) is 31.6 Å². The average molecular weight is 220 g/mol. The summed E-state index contributed by atoms with van der Waals surface area (Å²) in [6, 6.07) is 6.37. The van der Waals surface area contributed by atoms with Gasteiger partial charge in [-0.15, -0.1) is 0 Å². The molecule has 3 heteroatoms. The summed E-state index contributed by atoms with van der Waals surface area (Å²) in [7, 11) is 2.10. The van der Waals surface area contributed by atoms with E-state index in [9.17, 15) is 0 Å². The maximum atomic E-state index is 5.80. The number of nitrogens with zero attached hydrogens (tertiary/aromatic N) is 1. The van der Waals surface area contributed by atoms with Crippen molar-refractivity contribution >= 4 is 5.69 Å². The summed E-state index contributed by atoms with van der Waals surface area (Å²) in [5.41, 5.74) is 8.27. The number of ether oxygens (including phenoxy) is 1. The molecule has 1 heterocycles. The number of likely N-dealkylation sites (N-methyl/N-ethyl adjacent to an activating group) is 1. The summed E-state index contributed by atoms with van der Waals surface area (Å²) in [6.45, 7) is 6.69. The van der Waals surface area contributed by atoms with E-state index in [1.165, 1.54) is 11.3 Å². The highest BCUT2D eigenvalue weighted by Crippen LogP contribution is 2.34. The van der Waals surface area contributed by atoms with Crippen molar-refractivity contribution in [3.63, 3.8) is 0 Å². The molecule has 0 atom stereocenters. The third-order valence-corrected chi connectivity index (χ3v) is 3.35. The lowest BCUT2D eigenvalue weighted by Gasteiger charge is -2.30. The van der Waals surface area contributed by atoms with E-state index in [1.807, 2.05) is 0 Å². The van der Waals surface area contributed by atoms with Crippen LogP contribution in [0.5, 0.6) is 5.75 Å². The Labute approximate surface area is 97.2 Å². The molecule has 3 nitrogen and oxygen atoms in total. The van der Waals surface area contributed by atoms with Gasteiger partial charge in [-0.3, -0.25) is 0 Å². The highest BCUT2D eigenvalue weighted by Gasteiger charge is 2.22. The van der Waals surface area contributed by atoms with E-state index in [0.29, 0.717) is 6.54 Å². The maximum absolute atomic E-state index is 5.80. The van der Waals surface area contributed by atoms with Gasteiger partial charge in [0.2, 0.25) is 0 Å². The van der Waals surface area contributed by atoms with Gasteiger partial charge in [-0.1, -0.05) is 19.9 Å². The molecule has 0 amide bonds. The largest absolute Gasteiger partial charge is 0.490 e. The smallest absolute Gasteiger partial charge is 0.142 e. The highest BCUT2D eigenvalue weighted by molar-refractivity contribution is 5.61. The molecule has 1 aromatic rings. The molecule has 0 aromatic heterocycles. The number of hydrogen-bond acceptors (Lipinski definition) is 3. The molecule has 16 heavy (non-hydrogen) atoms. The van der Waals surface area contributed by atoms with Gasteiger partial charge in [-0.05, 0) is 17.7 Å². The van der Waals surface area contributed by atoms with Crippen molar-refractivity contribution in [3.05, 3.63) is 23.8 Å². The van der Waals surface area contributed by atoms with Gasteiger partial charge in [0.15, 0.2) is 0 Å². The quantitative estimate of drug-likeness (QED) is 0.825. The summed E-state index contributed by atoms with van der Waals surface area (Å²) < 4.78 is 5.62. The minimum absolute atomic E-state index is 0.0211. The van der Waals surface area contributed by atoms with Crippen LogP contribution in [0.3, 0.4) is 0 Å². The normalized spacial score (nSPS) is 15.6. The molecule has 1 aromatic carbocycles. The Bertz CT molecular complexity index is 388. The number of nitrogens with two attached hydrogens (primary N) is 1. The van der Waals surface area contributed by atoms with Gasteiger partial charge in [-0.2, -0.15) is 0 Å². The second-order valence-electron chi connectivity index (χ2n) is 5.04. The minimum Gasteiger partial charge on any atom is -0.490 e. The molecule has 1 aliphatic heterocycles. The van der Waals surface area contributed by atoms with Gasteiger partial charge in [0.1, 0.15) is 12.4 Å². The summed E-state index contributed by atoms with van der Waals surface area (Å²) in [6.07, 6.45) is 0. The first kappa shape index (κ1) is 11.3. The summed E-state index contributed by atoms with van der Waals surface area (Å²) >= 11 is 0. The third kappa shape index (κ3) is 1.87. The van der Waals surface area contributed by atoms with Crippen LogP contribution in [0.25, 0.3) is 0 Å². The fourth-order valence-electron chi connectivity index (χ4n) is 1.89. The zero-order valence-corrected chi connectivity index (χ0v) is 10.3. The lowest BCUT2D eigenvalue weighted by atomic mass is 9.84. The van der Waals surface area contributed by atoms with E-state index in [-0.39, 0.29) is 5.41 Å². The summed E-state index contributed by atoms with van der Waals surface area (Å²) in [4.78, 5) is 2.23. The molecule has 0 radical (unpaired) electrons. The van der Waals surface area contributed by atoms with Crippen molar-refractivity contribution in [1.82, 2.24) is 0 Å². The average Bonchev–Trinajstić information content (AvgIpc) is 2.29. The SMILES string of the molecule is CN1CCOc2ccc(C(C)(C)CN)cc21. The van der Waals surface area contributed by atoms with Crippen LogP contribution in [0.1, 0.15) is 19.4 Å². The molecule has 0 bridgehead atoms. The first-order valence-electron chi connectivity index (χ1n) is 5.73. The highest BCUT2D eigenvalue weighted by atomic mass is 16.5. The zero-order chi connectivity index (χ0) is 11.8. The molecule has 0 fully saturated rings. The summed E-state index contributed by atoms with van der Waals surface area (Å²) in [5.74, 6) is 0.977. The maximum Gasteiger partial charge on any atom is 0.142 e. The van der Waals surface area contributed by atoms with Crippen LogP contribution in [-0.4, -0.2) is 26.7 Å². The lowest BCUT2D eigenvalue weighted by molar-refractivity contribution is 0.311. The van der Waals surface area contributed by atoms with E-state index < -0.39 is 0 Å². The second kappa shape index (κ2) is 3.98. The third-order valence-electron chi connectivity index (χ3n) is 3.35. The van der Waals surface area contributed by atoms with Crippen LogP contribution in [0.15, 0.2) is 18.2 Å². The van der Waals surface area contributed by atoms with Crippen molar-refractivity contribution in [3.8, 4) is 5.75 Å². The topological polar surface area (TPSA) is 38.5 Å². The minimum atomic E-state index is 0.0211. The molecule has 0 saturated carbocycles. The molecule has 88 valence electrons. The van der Waals surface area contributed by atoms with E-state index in [1.54, 1.807) is 0 Å². The van der Waals surface area contributed by atoms with Crippen LogP contribution >= 0.6 is 0 Å². The Morgan fingerprint density at radius 3 is 2.88 bits per heavy atom. The number of hydrogen-bond donors (Lipinski definition) is 1. The number of benzene rings is 1. The standard InChI is InChI=1S/C13H20N2O/c1-13(2,9-14)10-4-5-12-11(8-10)15(3)6-7-16-12/h4-5,8H,6-7,9,14H2,1-3H3. The van der Waals surface area contributed by atoms with Gasteiger partial charge in [0, 0.05) is 19.0 Å². The fourth-order valence-corrected chi connectivity index (χ4v) is 1.89. The van der Waals surface area contributed by atoms with E-state index >= 15 is 0 Å². The molecule has 2 N–H and O–H groups in total. The molecule has 2 rings (SSSR count). The first-order chi connectivity index (χ1) is 7.54. The van der Waals surface area contributed by atoms with Gasteiger partial charge >= 0.3 is 0 Å². The van der Waals surface area contributed by atoms with Gasteiger partial charge < -0.3 is 15.4 Å². The van der Waals surface area contributed by atoms with Crippen LogP contribution in [0.2, 0.25) is 0 Å². The number of rotatable bonds is 2. The molecular formula is C13H20N2O. The van der Waals surface area contributed by atoms with E-state index in [4.69, 9.17) is 10.5 Å². The zero-order valence-electron chi connectivity index (χ0n) is 10.3. The Morgan fingerprint density at radius 2 is 2.19 bits per heavy atom. The van der Waals surface area contributed by atoms with Crippen LogP contribution in [-0.2, 0) is 5.41 Å². The number of fused-ring (bicyclic) bond motifs is 1. The first-order valence-corrected chi connectivity index (χ1v) is 5.73. The Morgan fingerprint density at radius 1 is 1.44 bits per heavy atom. The van der Waals surface area contributed by atoms with Gasteiger partial charge in [-0.25, -0.2) is 0 Å². The van der Waals surface area contributed by atoms with Crippen LogP contribution in [0.4, 0.5) is 5.69 Å². The predicted molar refractivity (Wildman–Crippen MR) is 67.3 cm³/mol. The second-order valence-corrected chi connectivity index (χ2v) is 5.04. The van der Waals surface area contributed by atoms with Gasteiger partial charge in [0.05, 0.1) is 12.2 Å². The molecule has 1 aliphatic rings. The van der Waals surface area contributed by atoms with E-state index in [0.717, 1.165) is 18.9 Å². The van der Waals surface area contributed by atoms with Crippen molar-refractivity contribution in [2.45, 2.75) is 19.3 Å². The molecule has 0 aliphatic carbocycles. The lowest BCUT2D eigenvalue weighted by Crippen LogP contribution is -2.31. The monoisotopic (exact) mass is 220 g/mol. The molecule has 0 saturated heterocycles.